The first-order valence-corrected chi connectivity index (χ1v) is 15.9. The van der Waals surface area contributed by atoms with Gasteiger partial charge in [-0.3, -0.25) is 10.3 Å². The Morgan fingerprint density at radius 1 is 1.02 bits per heavy atom. The van der Waals surface area contributed by atoms with Crippen molar-refractivity contribution >= 4 is 29.8 Å². The Morgan fingerprint density at radius 3 is 2.15 bits per heavy atom. The number of piperidine rings is 1. The Labute approximate surface area is 276 Å². The van der Waals surface area contributed by atoms with Gasteiger partial charge in [0.1, 0.15) is 29.6 Å². The Kier molecular flexibility index (Phi) is 12.2. The van der Waals surface area contributed by atoms with Crippen molar-refractivity contribution in [1.82, 2.24) is 10.2 Å². The molecule has 3 rings (SSSR count). The van der Waals surface area contributed by atoms with Crippen LogP contribution in [0.4, 0.5) is 4.79 Å². The number of amides is 1. The molecule has 2 heterocycles. The van der Waals surface area contributed by atoms with Gasteiger partial charge in [0.25, 0.3) is 0 Å². The molecule has 4 unspecified atom stereocenters. The van der Waals surface area contributed by atoms with Crippen LogP contribution >= 0.6 is 0 Å². The smallest absolute Gasteiger partial charge is 0.411 e. The third kappa shape index (κ3) is 10.5. The molecule has 2 saturated heterocycles. The van der Waals surface area contributed by atoms with Crippen LogP contribution in [0.3, 0.4) is 0 Å². The van der Waals surface area contributed by atoms with E-state index in [9.17, 15) is 19.2 Å². The number of cyclic esters (lactones) is 1. The average Bonchev–Trinajstić information content (AvgIpc) is 3.34. The Balaban J connectivity index is 1.69. The van der Waals surface area contributed by atoms with Crippen molar-refractivity contribution in [2.75, 3.05) is 33.4 Å². The van der Waals surface area contributed by atoms with Crippen LogP contribution < -0.4 is 21.5 Å². The molecule has 1 amide bonds. The van der Waals surface area contributed by atoms with Gasteiger partial charge in [-0.15, -0.1) is 0 Å². The molecule has 14 nitrogen and oxygen atoms in total. The molecule has 47 heavy (non-hydrogen) atoms. The zero-order chi connectivity index (χ0) is 35.2. The van der Waals surface area contributed by atoms with Gasteiger partial charge >= 0.3 is 24.0 Å². The quantitative estimate of drug-likeness (QED) is 0.0790. The Hall–Kier alpha value is -3.91. The highest BCUT2D eigenvalue weighted by atomic mass is 16.6. The molecule has 0 spiro atoms. The van der Waals surface area contributed by atoms with Gasteiger partial charge in [-0.2, -0.15) is 0 Å². The van der Waals surface area contributed by atoms with Crippen LogP contribution in [0.5, 0.6) is 5.75 Å². The molecule has 2 fully saturated rings. The zero-order valence-electron chi connectivity index (χ0n) is 28.6. The lowest BCUT2D eigenvalue weighted by molar-refractivity contribution is -0.170. The predicted octanol–water partition coefficient (Wildman–Crippen LogP) is 2.29. The lowest BCUT2D eigenvalue weighted by Crippen LogP contribution is -2.59. The summed E-state index contributed by atoms with van der Waals surface area (Å²) in [6, 6.07) is 5.58. The summed E-state index contributed by atoms with van der Waals surface area (Å²) in [5.74, 6) is -2.30. The molecule has 0 aliphatic carbocycles. The Bertz CT molecular complexity index is 1280. The standard InChI is InChI=1S/C33H51N5O9/c1-31(2,3)46-27(39)25(16-24(26(34)35)21-12-14-37-15-13-21)38-18-23(45-30(38)42)19-44-22-10-8-20(9-11-22)17-33(36,28(40)43-7)29(41)47-32(4,5)6/h8-11,21,23-25,37H,12-19,36H2,1-7H3,(H3,34,35). The number of amidine groups is 1. The molecule has 2 aliphatic rings. The fourth-order valence-corrected chi connectivity index (χ4v) is 5.66. The van der Waals surface area contributed by atoms with E-state index in [1.54, 1.807) is 65.8 Å². The van der Waals surface area contributed by atoms with Crippen LogP contribution in [-0.4, -0.2) is 97.0 Å². The number of ether oxygens (including phenoxy) is 5. The van der Waals surface area contributed by atoms with Gasteiger partial charge < -0.3 is 40.5 Å². The maximum absolute atomic E-state index is 13.4. The highest BCUT2D eigenvalue weighted by molar-refractivity contribution is 6.05. The number of methoxy groups -OCH3 is 1. The molecule has 1 aromatic rings. The molecule has 0 bridgehead atoms. The van der Waals surface area contributed by atoms with E-state index in [4.69, 9.17) is 40.6 Å². The van der Waals surface area contributed by atoms with Gasteiger partial charge in [0.05, 0.1) is 19.5 Å². The van der Waals surface area contributed by atoms with Crippen molar-refractivity contribution in [3.05, 3.63) is 29.8 Å². The summed E-state index contributed by atoms with van der Waals surface area (Å²) in [6.07, 6.45) is 0.222. The number of benzene rings is 1. The van der Waals surface area contributed by atoms with Crippen molar-refractivity contribution in [1.29, 1.82) is 5.41 Å². The fraction of sp³-hybridized carbons (Fsp3) is 0.667. The lowest BCUT2D eigenvalue weighted by atomic mass is 9.80. The number of nitrogens with zero attached hydrogens (tertiary/aromatic N) is 1. The fourth-order valence-electron chi connectivity index (χ4n) is 5.66. The number of rotatable bonds is 13. The molecule has 0 aromatic heterocycles. The summed E-state index contributed by atoms with van der Waals surface area (Å²) in [4.78, 5) is 53.2. The van der Waals surface area contributed by atoms with Crippen molar-refractivity contribution in [3.63, 3.8) is 0 Å². The summed E-state index contributed by atoms with van der Waals surface area (Å²) < 4.78 is 27.3. The number of hydrogen-bond acceptors (Lipinski definition) is 12. The molecular formula is C33H51N5O9. The maximum Gasteiger partial charge on any atom is 0.411 e. The number of hydrogen-bond donors (Lipinski definition) is 4. The summed E-state index contributed by atoms with van der Waals surface area (Å²) >= 11 is 0. The first-order valence-electron chi connectivity index (χ1n) is 15.9. The Morgan fingerprint density at radius 2 is 1.62 bits per heavy atom. The number of esters is 3. The number of nitrogens with two attached hydrogens (primary N) is 2. The molecule has 4 atom stereocenters. The van der Waals surface area contributed by atoms with Crippen LogP contribution in [0.1, 0.15) is 66.4 Å². The van der Waals surface area contributed by atoms with E-state index in [1.807, 2.05) is 0 Å². The lowest BCUT2D eigenvalue weighted by Gasteiger charge is -2.35. The topological polar surface area (TPSA) is 206 Å². The minimum absolute atomic E-state index is 0.00600. The van der Waals surface area contributed by atoms with Crippen LogP contribution in [-0.2, 0) is 39.8 Å². The van der Waals surface area contributed by atoms with Crippen molar-refractivity contribution in [2.24, 2.45) is 23.3 Å². The first-order chi connectivity index (χ1) is 21.8. The second-order valence-electron chi connectivity index (χ2n) is 14.2. The average molecular weight is 662 g/mol. The minimum Gasteiger partial charge on any atom is -0.490 e. The normalized spacial score (nSPS) is 20.0. The van der Waals surface area contributed by atoms with Crippen LogP contribution in [0.2, 0.25) is 0 Å². The van der Waals surface area contributed by atoms with E-state index in [1.165, 1.54) is 4.90 Å². The van der Waals surface area contributed by atoms with E-state index < -0.39 is 58.8 Å². The van der Waals surface area contributed by atoms with Gasteiger partial charge in [-0.25, -0.2) is 19.2 Å². The molecule has 262 valence electrons. The molecule has 2 aliphatic heterocycles. The maximum atomic E-state index is 13.4. The van der Waals surface area contributed by atoms with Gasteiger partial charge in [0, 0.05) is 12.3 Å². The van der Waals surface area contributed by atoms with Crippen molar-refractivity contribution < 1.29 is 42.9 Å². The number of nitrogens with one attached hydrogen (secondary N) is 2. The monoisotopic (exact) mass is 661 g/mol. The second kappa shape index (κ2) is 15.3. The van der Waals surface area contributed by atoms with E-state index in [0.29, 0.717) is 11.3 Å². The number of carbonyl (C=O) groups excluding carboxylic acids is 4. The SMILES string of the molecule is COC(=O)C(N)(Cc1ccc(OCC2CN(C(CC(C(=N)N)C3CCNCC3)C(=O)OC(C)(C)C)C(=O)O2)cc1)C(=O)OC(C)(C)C. The highest BCUT2D eigenvalue weighted by Crippen LogP contribution is 2.30. The van der Waals surface area contributed by atoms with Gasteiger partial charge in [0.2, 0.25) is 5.54 Å². The third-order valence-electron chi connectivity index (χ3n) is 7.94. The molecule has 0 radical (unpaired) electrons. The predicted molar refractivity (Wildman–Crippen MR) is 173 cm³/mol. The van der Waals surface area contributed by atoms with E-state index in [0.717, 1.165) is 33.0 Å². The van der Waals surface area contributed by atoms with E-state index in [-0.39, 0.29) is 37.7 Å². The van der Waals surface area contributed by atoms with Gasteiger partial charge in [-0.1, -0.05) is 12.1 Å². The highest BCUT2D eigenvalue weighted by Gasteiger charge is 2.47. The molecule has 14 heteroatoms. The molecular weight excluding hydrogens is 610 g/mol. The van der Waals surface area contributed by atoms with Gasteiger partial charge in [-0.05, 0) is 97.5 Å². The number of carbonyl (C=O) groups is 4. The molecule has 1 aromatic carbocycles. The van der Waals surface area contributed by atoms with Gasteiger partial charge in [0.15, 0.2) is 6.10 Å². The second-order valence-corrected chi connectivity index (χ2v) is 14.2. The zero-order valence-corrected chi connectivity index (χ0v) is 28.6. The summed E-state index contributed by atoms with van der Waals surface area (Å²) in [6.45, 7) is 11.9. The summed E-state index contributed by atoms with van der Waals surface area (Å²) in [5, 5.41) is 11.6. The van der Waals surface area contributed by atoms with Crippen LogP contribution in [0.15, 0.2) is 24.3 Å². The van der Waals surface area contributed by atoms with Crippen molar-refractivity contribution in [3.8, 4) is 5.75 Å². The summed E-state index contributed by atoms with van der Waals surface area (Å²) in [5.41, 5.74) is 9.10. The minimum atomic E-state index is -2.05. The molecule has 6 N–H and O–H groups in total. The van der Waals surface area contributed by atoms with Crippen LogP contribution in [0.25, 0.3) is 0 Å². The van der Waals surface area contributed by atoms with Crippen molar-refractivity contribution in [2.45, 2.75) is 96.1 Å². The van der Waals surface area contributed by atoms with E-state index in [2.05, 4.69) is 5.32 Å². The third-order valence-corrected chi connectivity index (χ3v) is 7.94. The largest absolute Gasteiger partial charge is 0.490 e. The summed E-state index contributed by atoms with van der Waals surface area (Å²) in [7, 11) is 1.15. The van der Waals surface area contributed by atoms with E-state index >= 15 is 0 Å². The first kappa shape index (κ1) is 37.5. The molecule has 0 saturated carbocycles. The van der Waals surface area contributed by atoms with Crippen LogP contribution in [0, 0.1) is 17.2 Å².